The van der Waals surface area contributed by atoms with E-state index in [2.05, 4.69) is 25.8 Å². The van der Waals surface area contributed by atoms with Crippen molar-refractivity contribution in [1.29, 1.82) is 0 Å². The molecule has 2 saturated heterocycles. The van der Waals surface area contributed by atoms with E-state index in [4.69, 9.17) is 4.74 Å². The Morgan fingerprint density at radius 1 is 1.33 bits per heavy atom. The summed E-state index contributed by atoms with van der Waals surface area (Å²) in [5.74, 6) is 0.991. The van der Waals surface area contributed by atoms with Gasteiger partial charge in [-0.15, -0.1) is 0 Å². The second-order valence-corrected chi connectivity index (χ2v) is 7.94. The normalized spacial score (nSPS) is 20.0. The van der Waals surface area contributed by atoms with Gasteiger partial charge in [0, 0.05) is 42.3 Å². The number of hydrogen-bond donors (Lipinski definition) is 0. The average molecular weight is 354 g/mol. The van der Waals surface area contributed by atoms with Crippen LogP contribution in [0.1, 0.15) is 20.8 Å². The fourth-order valence-corrected chi connectivity index (χ4v) is 3.23. The molecule has 0 bridgehead atoms. The molecule has 0 atom stereocenters. The van der Waals surface area contributed by atoms with Crippen molar-refractivity contribution in [2.24, 2.45) is 5.41 Å². The number of halogens is 1. The number of pyridine rings is 1. The van der Waals surface area contributed by atoms with E-state index < -0.39 is 5.60 Å². The number of ether oxygens (including phenoxy) is 1. The molecule has 1 amide bonds. The van der Waals surface area contributed by atoms with Crippen LogP contribution < -0.4 is 4.90 Å². The van der Waals surface area contributed by atoms with Gasteiger partial charge in [-0.1, -0.05) is 15.9 Å². The van der Waals surface area contributed by atoms with Crippen LogP contribution in [0.4, 0.5) is 10.6 Å². The molecule has 2 aliphatic heterocycles. The number of nitrogens with zero attached hydrogens (tertiary/aromatic N) is 3. The highest BCUT2D eigenvalue weighted by molar-refractivity contribution is 9.10. The number of carbonyl (C=O) groups excluding carboxylic acids is 1. The first-order valence-electron chi connectivity index (χ1n) is 7.11. The third-order valence-electron chi connectivity index (χ3n) is 3.79. The molecule has 6 heteroatoms. The van der Waals surface area contributed by atoms with Crippen molar-refractivity contribution in [3.8, 4) is 0 Å². The van der Waals surface area contributed by atoms with Gasteiger partial charge in [0.15, 0.2) is 0 Å². The molecule has 5 nitrogen and oxygen atoms in total. The van der Waals surface area contributed by atoms with E-state index in [1.807, 2.05) is 32.9 Å². The number of rotatable bonds is 1. The van der Waals surface area contributed by atoms with Crippen molar-refractivity contribution in [3.05, 3.63) is 22.8 Å². The SMILES string of the molecule is CC(C)(C)OC(=O)N1CC2(C1)CN(c1cc(Br)ccn1)C2. The molecule has 2 aliphatic rings. The predicted octanol–water partition coefficient (Wildman–Crippen LogP) is 2.90. The van der Waals surface area contributed by atoms with E-state index >= 15 is 0 Å². The number of carbonyl (C=O) groups is 1. The van der Waals surface area contributed by atoms with Gasteiger partial charge in [0.05, 0.1) is 0 Å². The molecule has 3 rings (SSSR count). The summed E-state index contributed by atoms with van der Waals surface area (Å²) in [6.07, 6.45) is 1.60. The monoisotopic (exact) mass is 353 g/mol. The molecule has 0 N–H and O–H groups in total. The largest absolute Gasteiger partial charge is 0.444 e. The van der Waals surface area contributed by atoms with E-state index in [-0.39, 0.29) is 11.5 Å². The third-order valence-corrected chi connectivity index (χ3v) is 4.28. The van der Waals surface area contributed by atoms with Crippen LogP contribution in [0, 0.1) is 5.41 Å². The maximum absolute atomic E-state index is 11.9. The molecule has 1 spiro atoms. The van der Waals surface area contributed by atoms with Gasteiger partial charge in [-0.3, -0.25) is 0 Å². The molecule has 3 heterocycles. The van der Waals surface area contributed by atoms with Crippen LogP contribution in [0.3, 0.4) is 0 Å². The lowest BCUT2D eigenvalue weighted by atomic mass is 9.73. The summed E-state index contributed by atoms with van der Waals surface area (Å²) in [5.41, 5.74) is -0.188. The van der Waals surface area contributed by atoms with E-state index in [1.54, 1.807) is 11.1 Å². The Morgan fingerprint density at radius 2 is 2.00 bits per heavy atom. The molecule has 1 aromatic heterocycles. The van der Waals surface area contributed by atoms with Crippen molar-refractivity contribution < 1.29 is 9.53 Å². The van der Waals surface area contributed by atoms with E-state index in [9.17, 15) is 4.79 Å². The summed E-state index contributed by atoms with van der Waals surface area (Å²) in [5, 5.41) is 0. The minimum absolute atomic E-state index is 0.202. The summed E-state index contributed by atoms with van der Waals surface area (Å²) < 4.78 is 6.42. The van der Waals surface area contributed by atoms with Crippen LogP contribution in [0.2, 0.25) is 0 Å². The van der Waals surface area contributed by atoms with Gasteiger partial charge in [-0.2, -0.15) is 0 Å². The fraction of sp³-hybridized carbons (Fsp3) is 0.600. The van der Waals surface area contributed by atoms with E-state index in [0.717, 1.165) is 36.5 Å². The number of hydrogen-bond acceptors (Lipinski definition) is 4. The lowest BCUT2D eigenvalue weighted by Crippen LogP contribution is -2.73. The maximum atomic E-state index is 11.9. The second kappa shape index (κ2) is 4.87. The first kappa shape index (κ1) is 14.6. The summed E-state index contributed by atoms with van der Waals surface area (Å²) in [7, 11) is 0. The maximum Gasteiger partial charge on any atom is 0.410 e. The average Bonchev–Trinajstić information content (AvgIpc) is 2.22. The highest BCUT2D eigenvalue weighted by Gasteiger charge is 2.54. The van der Waals surface area contributed by atoms with Crippen LogP contribution >= 0.6 is 15.9 Å². The van der Waals surface area contributed by atoms with Gasteiger partial charge >= 0.3 is 6.09 Å². The molecule has 0 saturated carbocycles. The Labute approximate surface area is 133 Å². The molecule has 2 fully saturated rings. The van der Waals surface area contributed by atoms with Crippen LogP contribution in [0.25, 0.3) is 0 Å². The molecule has 114 valence electrons. The first-order valence-corrected chi connectivity index (χ1v) is 7.90. The predicted molar refractivity (Wildman–Crippen MR) is 84.4 cm³/mol. The number of anilines is 1. The zero-order valence-electron chi connectivity index (χ0n) is 12.6. The van der Waals surface area contributed by atoms with Gasteiger partial charge in [-0.25, -0.2) is 9.78 Å². The van der Waals surface area contributed by atoms with E-state index in [0.29, 0.717) is 0 Å². The Balaban J connectivity index is 1.51. The van der Waals surface area contributed by atoms with Gasteiger partial charge in [0.1, 0.15) is 11.4 Å². The summed E-state index contributed by atoms with van der Waals surface area (Å²) in [6, 6.07) is 3.95. The van der Waals surface area contributed by atoms with Crippen molar-refractivity contribution in [2.75, 3.05) is 31.1 Å². The van der Waals surface area contributed by atoms with E-state index in [1.165, 1.54) is 0 Å². The van der Waals surface area contributed by atoms with Gasteiger partial charge in [0.25, 0.3) is 0 Å². The molecular weight excluding hydrogens is 334 g/mol. The van der Waals surface area contributed by atoms with Crippen molar-refractivity contribution in [3.63, 3.8) is 0 Å². The molecule has 0 radical (unpaired) electrons. The molecule has 21 heavy (non-hydrogen) atoms. The molecule has 0 unspecified atom stereocenters. The summed E-state index contributed by atoms with van der Waals surface area (Å²) in [6.45, 7) is 9.16. The number of likely N-dealkylation sites (tertiary alicyclic amines) is 1. The second-order valence-electron chi connectivity index (χ2n) is 7.02. The highest BCUT2D eigenvalue weighted by atomic mass is 79.9. The lowest BCUT2D eigenvalue weighted by Gasteiger charge is -2.60. The molecule has 1 aromatic rings. The smallest absolute Gasteiger partial charge is 0.410 e. The van der Waals surface area contributed by atoms with Crippen molar-refractivity contribution in [1.82, 2.24) is 9.88 Å². The topological polar surface area (TPSA) is 45.7 Å². The number of amides is 1. The van der Waals surface area contributed by atoms with Gasteiger partial charge in [-0.05, 0) is 32.9 Å². The zero-order chi connectivity index (χ0) is 15.3. The zero-order valence-corrected chi connectivity index (χ0v) is 14.2. The third kappa shape index (κ3) is 3.00. The molecule has 0 aromatic carbocycles. The first-order chi connectivity index (χ1) is 9.76. The summed E-state index contributed by atoms with van der Waals surface area (Å²) >= 11 is 3.46. The Morgan fingerprint density at radius 3 is 2.57 bits per heavy atom. The minimum atomic E-state index is -0.425. The quantitative estimate of drug-likeness (QED) is 0.778. The highest BCUT2D eigenvalue weighted by Crippen LogP contribution is 2.42. The number of aromatic nitrogens is 1. The van der Waals surface area contributed by atoms with Gasteiger partial charge < -0.3 is 14.5 Å². The fourth-order valence-electron chi connectivity index (χ4n) is 2.91. The van der Waals surface area contributed by atoms with Gasteiger partial charge in [0.2, 0.25) is 0 Å². The van der Waals surface area contributed by atoms with Crippen LogP contribution in [0.5, 0.6) is 0 Å². The minimum Gasteiger partial charge on any atom is -0.444 e. The van der Waals surface area contributed by atoms with Crippen molar-refractivity contribution >= 4 is 27.8 Å². The standard InChI is InChI=1S/C15H20BrN3O2/c1-14(2,3)21-13(20)19-9-15(10-19)7-18(8-15)12-6-11(16)4-5-17-12/h4-6H,7-10H2,1-3H3. The van der Waals surface area contributed by atoms with Crippen LogP contribution in [0.15, 0.2) is 22.8 Å². The molecule has 0 aliphatic carbocycles. The van der Waals surface area contributed by atoms with Crippen molar-refractivity contribution in [2.45, 2.75) is 26.4 Å². The molecular formula is C15H20BrN3O2. The van der Waals surface area contributed by atoms with Crippen LogP contribution in [-0.4, -0.2) is 47.8 Å². The lowest BCUT2D eigenvalue weighted by molar-refractivity contribution is -0.0454. The Bertz CT molecular complexity index is 556. The van der Waals surface area contributed by atoms with Crippen LogP contribution in [-0.2, 0) is 4.74 Å². The Hall–Kier alpha value is -1.30. The Kier molecular flexibility index (Phi) is 3.39. The summed E-state index contributed by atoms with van der Waals surface area (Å²) in [4.78, 5) is 20.4.